The van der Waals surface area contributed by atoms with Gasteiger partial charge in [0, 0.05) is 17.5 Å². The Kier molecular flexibility index (Phi) is 4.29. The molecule has 2 fully saturated rings. The first-order chi connectivity index (χ1) is 10.2. The van der Waals surface area contributed by atoms with Crippen molar-refractivity contribution in [2.24, 2.45) is 5.41 Å². The summed E-state index contributed by atoms with van der Waals surface area (Å²) in [7, 11) is 0. The van der Waals surface area contributed by atoms with Crippen LogP contribution in [-0.4, -0.2) is 25.0 Å². The Morgan fingerprint density at radius 1 is 1.43 bits per heavy atom. The van der Waals surface area contributed by atoms with Crippen LogP contribution >= 0.6 is 0 Å². The van der Waals surface area contributed by atoms with Crippen LogP contribution in [0.1, 0.15) is 55.8 Å². The zero-order valence-electron chi connectivity index (χ0n) is 12.9. The summed E-state index contributed by atoms with van der Waals surface area (Å²) < 4.78 is 5.83. The lowest BCUT2D eigenvalue weighted by molar-refractivity contribution is 0.0717. The molecule has 21 heavy (non-hydrogen) atoms. The second-order valence-corrected chi connectivity index (χ2v) is 6.48. The lowest BCUT2D eigenvalue weighted by atomic mass is 9.71. The number of hydrogen-bond acceptors (Lipinski definition) is 3. The number of carbonyl (C=O) groups excluding carboxylic acids is 1. The van der Waals surface area contributed by atoms with Gasteiger partial charge in [0.05, 0.1) is 6.10 Å². The van der Waals surface area contributed by atoms with Gasteiger partial charge < -0.3 is 10.1 Å². The van der Waals surface area contributed by atoms with Crippen molar-refractivity contribution in [3.05, 3.63) is 29.8 Å². The van der Waals surface area contributed by atoms with Crippen molar-refractivity contribution in [1.29, 1.82) is 0 Å². The summed E-state index contributed by atoms with van der Waals surface area (Å²) in [5, 5.41) is 3.42. The first-order valence-electron chi connectivity index (χ1n) is 8.26. The van der Waals surface area contributed by atoms with Crippen molar-refractivity contribution in [1.82, 2.24) is 5.32 Å². The van der Waals surface area contributed by atoms with E-state index in [1.165, 1.54) is 0 Å². The second kappa shape index (κ2) is 6.18. The van der Waals surface area contributed by atoms with Crippen molar-refractivity contribution in [3.63, 3.8) is 0 Å². The van der Waals surface area contributed by atoms with Crippen LogP contribution in [0.2, 0.25) is 0 Å². The molecule has 3 rings (SSSR count). The highest BCUT2D eigenvalue weighted by molar-refractivity contribution is 6.01. The smallest absolute Gasteiger partial charge is 0.170 e. The van der Waals surface area contributed by atoms with E-state index in [9.17, 15) is 4.79 Å². The lowest BCUT2D eigenvalue weighted by Crippen LogP contribution is -2.45. The van der Waals surface area contributed by atoms with Gasteiger partial charge in [-0.25, -0.2) is 0 Å². The van der Waals surface area contributed by atoms with Crippen molar-refractivity contribution < 1.29 is 9.53 Å². The number of ketones is 1. The zero-order valence-corrected chi connectivity index (χ0v) is 12.9. The first kappa shape index (κ1) is 14.6. The summed E-state index contributed by atoms with van der Waals surface area (Å²) in [6.07, 6.45) is 6.75. The van der Waals surface area contributed by atoms with Crippen LogP contribution in [0.3, 0.4) is 0 Å². The van der Waals surface area contributed by atoms with Crippen LogP contribution in [0, 0.1) is 5.41 Å². The molecule has 3 nitrogen and oxygen atoms in total. The molecule has 0 aromatic heterocycles. The lowest BCUT2D eigenvalue weighted by Gasteiger charge is -2.36. The van der Waals surface area contributed by atoms with Crippen molar-refractivity contribution >= 4 is 5.78 Å². The van der Waals surface area contributed by atoms with Gasteiger partial charge in [0.2, 0.25) is 0 Å². The maximum absolute atomic E-state index is 13.1. The van der Waals surface area contributed by atoms with E-state index in [0.717, 1.165) is 62.9 Å². The van der Waals surface area contributed by atoms with Crippen LogP contribution < -0.4 is 10.1 Å². The fraction of sp³-hybridized carbons (Fsp3) is 0.611. The minimum atomic E-state index is -0.217. The average molecular weight is 287 g/mol. The Bertz CT molecular complexity index is 496. The molecule has 0 radical (unpaired) electrons. The van der Waals surface area contributed by atoms with E-state index in [0.29, 0.717) is 6.10 Å². The summed E-state index contributed by atoms with van der Waals surface area (Å²) in [5.41, 5.74) is 0.593. The van der Waals surface area contributed by atoms with E-state index in [4.69, 9.17) is 4.74 Å². The maximum Gasteiger partial charge on any atom is 0.170 e. The van der Waals surface area contributed by atoms with E-state index >= 15 is 0 Å². The molecule has 1 aromatic carbocycles. The minimum Gasteiger partial charge on any atom is -0.490 e. The van der Waals surface area contributed by atoms with Crippen LogP contribution in [0.15, 0.2) is 24.3 Å². The van der Waals surface area contributed by atoms with Crippen molar-refractivity contribution in [2.75, 3.05) is 13.1 Å². The maximum atomic E-state index is 13.1. The van der Waals surface area contributed by atoms with Gasteiger partial charge in [-0.2, -0.15) is 0 Å². The van der Waals surface area contributed by atoms with E-state index < -0.39 is 0 Å². The Labute approximate surface area is 127 Å². The number of benzene rings is 1. The van der Waals surface area contributed by atoms with Crippen LogP contribution in [0.25, 0.3) is 0 Å². The topological polar surface area (TPSA) is 38.3 Å². The predicted molar refractivity (Wildman–Crippen MR) is 83.9 cm³/mol. The molecular weight excluding hydrogens is 262 g/mol. The molecule has 3 heteroatoms. The number of rotatable bonds is 6. The highest BCUT2D eigenvalue weighted by Gasteiger charge is 2.39. The number of Topliss-reactive ketones (excluding diaryl/α,β-unsaturated/α-hetero) is 1. The van der Waals surface area contributed by atoms with E-state index in [1.807, 2.05) is 24.3 Å². The Balaban J connectivity index is 1.81. The van der Waals surface area contributed by atoms with Gasteiger partial charge >= 0.3 is 0 Å². The third-order valence-electron chi connectivity index (χ3n) is 4.61. The SMILES string of the molecule is CCCC1(C(=O)c2cccc(OC3CC3)c2)CCCNC1. The molecule has 1 heterocycles. The molecule has 1 saturated carbocycles. The highest BCUT2D eigenvalue weighted by atomic mass is 16.5. The number of ether oxygens (including phenoxy) is 1. The number of carbonyl (C=O) groups is 1. The zero-order chi connectivity index (χ0) is 14.7. The van der Waals surface area contributed by atoms with Crippen LogP contribution in [0.5, 0.6) is 5.75 Å². The van der Waals surface area contributed by atoms with E-state index in [-0.39, 0.29) is 11.2 Å². The van der Waals surface area contributed by atoms with Gasteiger partial charge in [0.25, 0.3) is 0 Å². The highest BCUT2D eigenvalue weighted by Crippen LogP contribution is 2.36. The summed E-state index contributed by atoms with van der Waals surface area (Å²) >= 11 is 0. The summed E-state index contributed by atoms with van der Waals surface area (Å²) in [6, 6.07) is 7.78. The summed E-state index contributed by atoms with van der Waals surface area (Å²) in [5.74, 6) is 1.14. The van der Waals surface area contributed by atoms with Gasteiger partial charge in [-0.05, 0) is 50.8 Å². The molecular formula is C18H25NO2. The molecule has 2 aliphatic rings. The fourth-order valence-electron chi connectivity index (χ4n) is 3.36. The number of nitrogens with one attached hydrogen (secondary N) is 1. The van der Waals surface area contributed by atoms with Crippen LogP contribution in [0.4, 0.5) is 0 Å². The molecule has 1 unspecified atom stereocenters. The van der Waals surface area contributed by atoms with Gasteiger partial charge in [-0.1, -0.05) is 25.5 Å². The molecule has 0 spiro atoms. The standard InChI is InChI=1S/C18H25NO2/c1-2-9-18(10-4-11-19-13-18)17(20)14-5-3-6-16(12-14)21-15-7-8-15/h3,5-6,12,15,19H,2,4,7-11,13H2,1H3. The summed E-state index contributed by atoms with van der Waals surface area (Å²) in [4.78, 5) is 13.1. The van der Waals surface area contributed by atoms with Gasteiger partial charge in [0.1, 0.15) is 5.75 Å². The fourth-order valence-corrected chi connectivity index (χ4v) is 3.36. The normalized spacial score (nSPS) is 25.6. The Morgan fingerprint density at radius 2 is 2.29 bits per heavy atom. The van der Waals surface area contributed by atoms with Crippen molar-refractivity contribution in [2.45, 2.75) is 51.6 Å². The van der Waals surface area contributed by atoms with Gasteiger partial charge in [0.15, 0.2) is 5.78 Å². The molecule has 1 atom stereocenters. The first-order valence-corrected chi connectivity index (χ1v) is 8.26. The molecule has 0 bridgehead atoms. The Morgan fingerprint density at radius 3 is 2.95 bits per heavy atom. The quantitative estimate of drug-likeness (QED) is 0.813. The molecule has 1 saturated heterocycles. The van der Waals surface area contributed by atoms with E-state index in [2.05, 4.69) is 12.2 Å². The minimum absolute atomic E-state index is 0.217. The third-order valence-corrected chi connectivity index (χ3v) is 4.61. The number of hydrogen-bond donors (Lipinski definition) is 1. The Hall–Kier alpha value is -1.35. The number of piperidine rings is 1. The average Bonchev–Trinajstić information content (AvgIpc) is 3.32. The largest absolute Gasteiger partial charge is 0.490 e. The molecule has 1 aliphatic heterocycles. The van der Waals surface area contributed by atoms with E-state index in [1.54, 1.807) is 0 Å². The summed E-state index contributed by atoms with van der Waals surface area (Å²) in [6.45, 7) is 4.01. The van der Waals surface area contributed by atoms with Gasteiger partial charge in [-0.3, -0.25) is 4.79 Å². The third kappa shape index (κ3) is 3.29. The molecule has 1 aromatic rings. The molecule has 114 valence electrons. The van der Waals surface area contributed by atoms with Crippen molar-refractivity contribution in [3.8, 4) is 5.75 Å². The monoisotopic (exact) mass is 287 g/mol. The second-order valence-electron chi connectivity index (χ2n) is 6.48. The predicted octanol–water partition coefficient (Wildman–Crippen LogP) is 3.58. The molecule has 1 aliphatic carbocycles. The van der Waals surface area contributed by atoms with Gasteiger partial charge in [-0.15, -0.1) is 0 Å². The van der Waals surface area contributed by atoms with Crippen LogP contribution in [-0.2, 0) is 0 Å². The molecule has 1 N–H and O–H groups in total. The molecule has 0 amide bonds.